The summed E-state index contributed by atoms with van der Waals surface area (Å²) in [5.74, 6) is -0.282. The lowest BCUT2D eigenvalue weighted by Crippen LogP contribution is -2.38. The Morgan fingerprint density at radius 1 is 1.50 bits per heavy atom. The highest BCUT2D eigenvalue weighted by atomic mass is 79.9. The summed E-state index contributed by atoms with van der Waals surface area (Å²) in [7, 11) is 0. The molecule has 1 rings (SSSR count). The van der Waals surface area contributed by atoms with Crippen molar-refractivity contribution in [3.63, 3.8) is 0 Å². The van der Waals surface area contributed by atoms with Crippen LogP contribution in [0.3, 0.4) is 0 Å². The molecule has 86 valence electrons. The summed E-state index contributed by atoms with van der Waals surface area (Å²) >= 11 is 9.07. The smallest absolute Gasteiger partial charge is 0.318 e. The molecule has 0 aliphatic rings. The molecular formula is C9H8BrClN2O3. The average molecular weight is 308 g/mol. The van der Waals surface area contributed by atoms with Gasteiger partial charge >= 0.3 is 6.03 Å². The fourth-order valence-corrected chi connectivity index (χ4v) is 1.64. The number of hydrogen-bond acceptors (Lipinski definition) is 3. The van der Waals surface area contributed by atoms with Crippen molar-refractivity contribution in [1.82, 2.24) is 5.32 Å². The van der Waals surface area contributed by atoms with Gasteiger partial charge in [-0.1, -0.05) is 27.5 Å². The quantitative estimate of drug-likeness (QED) is 0.891. The van der Waals surface area contributed by atoms with E-state index >= 15 is 0 Å². The van der Waals surface area contributed by atoms with Crippen LogP contribution in [0.5, 0.6) is 5.75 Å². The van der Waals surface area contributed by atoms with Crippen molar-refractivity contribution >= 4 is 39.5 Å². The number of ether oxygens (including phenoxy) is 1. The third-order valence-electron chi connectivity index (χ3n) is 1.52. The lowest BCUT2D eigenvalue weighted by Gasteiger charge is -2.07. The van der Waals surface area contributed by atoms with Crippen molar-refractivity contribution < 1.29 is 14.3 Å². The van der Waals surface area contributed by atoms with Gasteiger partial charge in [0.2, 0.25) is 0 Å². The van der Waals surface area contributed by atoms with Crippen molar-refractivity contribution in [2.75, 3.05) is 6.61 Å². The van der Waals surface area contributed by atoms with Gasteiger partial charge in [-0.2, -0.15) is 0 Å². The van der Waals surface area contributed by atoms with Crippen LogP contribution in [0.25, 0.3) is 0 Å². The molecule has 0 atom stereocenters. The van der Waals surface area contributed by atoms with Crippen LogP contribution in [0.15, 0.2) is 22.7 Å². The van der Waals surface area contributed by atoms with Gasteiger partial charge in [0.25, 0.3) is 5.91 Å². The van der Waals surface area contributed by atoms with E-state index in [1.54, 1.807) is 18.2 Å². The Morgan fingerprint density at radius 3 is 2.75 bits per heavy atom. The van der Waals surface area contributed by atoms with E-state index in [4.69, 9.17) is 22.1 Å². The second-order valence-electron chi connectivity index (χ2n) is 2.78. The van der Waals surface area contributed by atoms with E-state index in [2.05, 4.69) is 15.9 Å². The number of carbonyl (C=O) groups excluding carboxylic acids is 2. The lowest BCUT2D eigenvalue weighted by molar-refractivity contribution is -0.121. The fourth-order valence-electron chi connectivity index (χ4n) is 0.909. The second-order valence-corrected chi connectivity index (χ2v) is 4.10. The minimum absolute atomic E-state index is 0.329. The number of amides is 3. The van der Waals surface area contributed by atoms with Crippen molar-refractivity contribution in [2.24, 2.45) is 5.73 Å². The summed E-state index contributed by atoms with van der Waals surface area (Å²) in [5, 5.41) is 2.23. The summed E-state index contributed by atoms with van der Waals surface area (Å²) < 4.78 is 5.88. The molecule has 0 aliphatic carbocycles. The Morgan fingerprint density at radius 2 is 2.19 bits per heavy atom. The molecule has 16 heavy (non-hydrogen) atoms. The van der Waals surface area contributed by atoms with Gasteiger partial charge in [-0.15, -0.1) is 0 Å². The van der Waals surface area contributed by atoms with Gasteiger partial charge in [-0.05, 0) is 18.2 Å². The van der Waals surface area contributed by atoms with Gasteiger partial charge in [0, 0.05) is 4.47 Å². The van der Waals surface area contributed by atoms with Gasteiger partial charge in [0.15, 0.2) is 6.61 Å². The molecule has 5 nitrogen and oxygen atoms in total. The normalized spacial score (nSPS) is 9.62. The van der Waals surface area contributed by atoms with Crippen LogP contribution in [-0.4, -0.2) is 18.5 Å². The number of imide groups is 1. The van der Waals surface area contributed by atoms with Crippen LogP contribution < -0.4 is 15.8 Å². The first-order valence-corrected chi connectivity index (χ1v) is 5.33. The molecule has 0 aliphatic heterocycles. The van der Waals surface area contributed by atoms with E-state index in [9.17, 15) is 9.59 Å². The van der Waals surface area contributed by atoms with Gasteiger partial charge in [0.05, 0.1) is 5.02 Å². The monoisotopic (exact) mass is 306 g/mol. The Balaban J connectivity index is 2.54. The molecular weight excluding hydrogens is 299 g/mol. The number of nitrogens with two attached hydrogens (primary N) is 1. The van der Waals surface area contributed by atoms with Crippen molar-refractivity contribution in [1.29, 1.82) is 0 Å². The van der Waals surface area contributed by atoms with E-state index in [0.717, 1.165) is 4.47 Å². The van der Waals surface area contributed by atoms with Crippen LogP contribution in [0.1, 0.15) is 0 Å². The summed E-state index contributed by atoms with van der Waals surface area (Å²) in [6.07, 6.45) is 0. The maximum Gasteiger partial charge on any atom is 0.318 e. The molecule has 0 unspecified atom stereocenters. The van der Waals surface area contributed by atoms with Crippen LogP contribution >= 0.6 is 27.5 Å². The van der Waals surface area contributed by atoms with Crippen LogP contribution in [-0.2, 0) is 4.79 Å². The predicted octanol–water partition coefficient (Wildman–Crippen LogP) is 1.68. The Bertz CT molecular complexity index is 425. The van der Waals surface area contributed by atoms with Crippen LogP contribution in [0, 0.1) is 0 Å². The molecule has 0 heterocycles. The minimum atomic E-state index is -0.921. The van der Waals surface area contributed by atoms with Crippen molar-refractivity contribution in [2.45, 2.75) is 0 Å². The standard InChI is InChI=1S/C9H8BrClN2O3/c10-5-1-2-7(6(11)3-5)16-4-8(14)13-9(12)15/h1-3H,4H2,(H3,12,13,14,15). The van der Waals surface area contributed by atoms with Crippen LogP contribution in [0.4, 0.5) is 4.79 Å². The number of carbonyl (C=O) groups is 2. The zero-order chi connectivity index (χ0) is 12.1. The number of primary amides is 1. The SMILES string of the molecule is NC(=O)NC(=O)COc1ccc(Br)cc1Cl. The van der Waals surface area contributed by atoms with Gasteiger partial charge in [-0.25, -0.2) is 4.79 Å². The van der Waals surface area contributed by atoms with E-state index in [0.29, 0.717) is 10.8 Å². The number of hydrogen-bond donors (Lipinski definition) is 2. The Hall–Kier alpha value is -1.27. The molecule has 0 saturated carbocycles. The summed E-state index contributed by atoms with van der Waals surface area (Å²) in [5.41, 5.74) is 4.75. The highest BCUT2D eigenvalue weighted by Gasteiger charge is 2.07. The zero-order valence-corrected chi connectivity index (χ0v) is 10.3. The van der Waals surface area contributed by atoms with Crippen LogP contribution in [0.2, 0.25) is 5.02 Å². The highest BCUT2D eigenvalue weighted by Crippen LogP contribution is 2.27. The summed E-state index contributed by atoms with van der Waals surface area (Å²) in [6, 6.07) is 4.02. The summed E-state index contributed by atoms with van der Waals surface area (Å²) in [4.78, 5) is 21.4. The molecule has 3 amide bonds. The fraction of sp³-hybridized carbons (Fsp3) is 0.111. The first-order valence-electron chi connectivity index (χ1n) is 4.16. The molecule has 1 aromatic rings. The minimum Gasteiger partial charge on any atom is -0.482 e. The van der Waals surface area contributed by atoms with E-state index in [-0.39, 0.29) is 6.61 Å². The molecule has 7 heteroatoms. The Labute approximate surface area is 105 Å². The zero-order valence-electron chi connectivity index (χ0n) is 8.00. The number of rotatable bonds is 3. The highest BCUT2D eigenvalue weighted by molar-refractivity contribution is 9.10. The Kier molecular flexibility index (Phi) is 4.57. The topological polar surface area (TPSA) is 81.4 Å². The predicted molar refractivity (Wildman–Crippen MR) is 62.4 cm³/mol. The molecule has 3 N–H and O–H groups in total. The van der Waals surface area contributed by atoms with E-state index in [1.807, 2.05) is 5.32 Å². The van der Waals surface area contributed by atoms with E-state index < -0.39 is 11.9 Å². The third-order valence-corrected chi connectivity index (χ3v) is 2.30. The average Bonchev–Trinajstić information content (AvgIpc) is 2.15. The van der Waals surface area contributed by atoms with Crippen molar-refractivity contribution in [3.8, 4) is 5.75 Å². The second kappa shape index (κ2) is 5.72. The van der Waals surface area contributed by atoms with Gasteiger partial charge in [-0.3, -0.25) is 10.1 Å². The van der Waals surface area contributed by atoms with Gasteiger partial charge in [0.1, 0.15) is 5.75 Å². The largest absolute Gasteiger partial charge is 0.482 e. The number of nitrogens with one attached hydrogen (secondary N) is 1. The van der Waals surface area contributed by atoms with E-state index in [1.165, 1.54) is 0 Å². The summed E-state index contributed by atoms with van der Waals surface area (Å²) in [6.45, 7) is -0.329. The first kappa shape index (κ1) is 12.8. The molecule has 1 aromatic carbocycles. The first-order chi connectivity index (χ1) is 7.49. The molecule has 0 saturated heterocycles. The van der Waals surface area contributed by atoms with Gasteiger partial charge < -0.3 is 10.5 Å². The molecule has 0 radical (unpaired) electrons. The molecule has 0 spiro atoms. The number of halogens is 2. The van der Waals surface area contributed by atoms with Crippen molar-refractivity contribution in [3.05, 3.63) is 27.7 Å². The third kappa shape index (κ3) is 4.08. The molecule has 0 aromatic heterocycles. The molecule has 0 bridgehead atoms. The molecule has 0 fully saturated rings. The number of benzene rings is 1. The maximum atomic E-state index is 11.0. The number of urea groups is 1. The lowest BCUT2D eigenvalue weighted by atomic mass is 10.3. The maximum absolute atomic E-state index is 11.0.